The second-order valence-electron chi connectivity index (χ2n) is 10.0. The predicted molar refractivity (Wildman–Crippen MR) is 157 cm³/mol. The summed E-state index contributed by atoms with van der Waals surface area (Å²) in [6.07, 6.45) is 5.37. The van der Waals surface area contributed by atoms with Gasteiger partial charge < -0.3 is 24.8 Å². The molecule has 0 radical (unpaired) electrons. The molecule has 5 rings (SSSR count). The Morgan fingerprint density at radius 3 is 2.58 bits per heavy atom. The molecule has 1 amide bonds. The van der Waals surface area contributed by atoms with Crippen molar-refractivity contribution in [3.8, 4) is 11.5 Å². The lowest BCUT2D eigenvalue weighted by molar-refractivity contribution is -0.151. The van der Waals surface area contributed by atoms with E-state index in [1.807, 2.05) is 0 Å². The lowest BCUT2D eigenvalue weighted by Crippen LogP contribution is -2.41. The third-order valence-corrected chi connectivity index (χ3v) is 8.79. The van der Waals surface area contributed by atoms with Crippen molar-refractivity contribution in [2.75, 3.05) is 18.9 Å². The molecule has 2 fully saturated rings. The predicted octanol–water partition coefficient (Wildman–Crippen LogP) is 5.67. The third-order valence-electron chi connectivity index (χ3n) is 6.96. The van der Waals surface area contributed by atoms with Gasteiger partial charge in [-0.25, -0.2) is 4.79 Å². The number of esters is 1. The van der Waals surface area contributed by atoms with Crippen molar-refractivity contribution in [1.29, 1.82) is 0 Å². The van der Waals surface area contributed by atoms with Gasteiger partial charge in [-0.05, 0) is 59.7 Å². The fraction of sp³-hybridized carbons (Fsp3) is 0.379. The highest BCUT2D eigenvalue weighted by Crippen LogP contribution is 2.38. The molecule has 9 nitrogen and oxygen atoms in total. The van der Waals surface area contributed by atoms with Crippen LogP contribution in [-0.4, -0.2) is 57.6 Å². The average molecular weight is 654 g/mol. The summed E-state index contributed by atoms with van der Waals surface area (Å²) in [5, 5.41) is -0.433. The molecule has 0 spiro atoms. The fourth-order valence-corrected chi connectivity index (χ4v) is 6.12. The molecular formula is C29H28Cl2F2N4O5S. The number of alkyl halides is 2. The van der Waals surface area contributed by atoms with Crippen molar-refractivity contribution in [3.63, 3.8) is 0 Å². The Balaban J connectivity index is 1.43. The highest BCUT2D eigenvalue weighted by molar-refractivity contribution is 8.00. The van der Waals surface area contributed by atoms with Gasteiger partial charge in [0.15, 0.2) is 16.9 Å². The number of rotatable bonds is 12. The smallest absolute Gasteiger partial charge is 0.387 e. The van der Waals surface area contributed by atoms with Gasteiger partial charge in [-0.1, -0.05) is 29.3 Å². The van der Waals surface area contributed by atoms with E-state index >= 15 is 0 Å². The molecule has 3 aromatic rings. The molecule has 228 valence electrons. The molecule has 3 heterocycles. The zero-order valence-electron chi connectivity index (χ0n) is 22.8. The summed E-state index contributed by atoms with van der Waals surface area (Å²) in [7, 11) is 0. The van der Waals surface area contributed by atoms with Crippen molar-refractivity contribution in [2.45, 2.75) is 43.9 Å². The number of benzene rings is 1. The Labute approximate surface area is 261 Å². The van der Waals surface area contributed by atoms with Crippen LogP contribution in [-0.2, 0) is 22.5 Å². The lowest BCUT2D eigenvalue weighted by atomic mass is 10.0. The second-order valence-corrected chi connectivity index (χ2v) is 12.0. The number of hydrogen-bond acceptors (Lipinski definition) is 9. The first-order chi connectivity index (χ1) is 20.7. The molecule has 1 saturated heterocycles. The standard InChI is InChI=1S/C29H28Cl2F2N4O5S/c30-20-13-35-14-21(31)19(20)11-24(18-3-4-23(42-29(32)33)25(10-18)40-15-16-1-2-16)41-28(39)27-37(7-8-43-27)26(38)22-9-17(12-34)5-6-36-22/h3-6,9-10,13-14,16,24,27,29H,1-2,7-8,11-12,15,34H2/t24-,27?/m0/s1. The molecule has 1 aliphatic carbocycles. The van der Waals surface area contributed by atoms with Crippen molar-refractivity contribution in [3.05, 3.63) is 81.4 Å². The number of carbonyl (C=O) groups excluding carboxylic acids is 2. The van der Waals surface area contributed by atoms with Crippen molar-refractivity contribution < 1.29 is 32.6 Å². The minimum Gasteiger partial charge on any atom is -0.489 e. The first-order valence-electron chi connectivity index (χ1n) is 13.5. The Hall–Kier alpha value is -3.19. The van der Waals surface area contributed by atoms with E-state index < -0.39 is 30.0 Å². The van der Waals surface area contributed by atoms with Crippen LogP contribution in [0.25, 0.3) is 0 Å². The van der Waals surface area contributed by atoms with Gasteiger partial charge in [-0.15, -0.1) is 11.8 Å². The Bertz CT molecular complexity index is 1460. The van der Waals surface area contributed by atoms with E-state index in [0.29, 0.717) is 35.9 Å². The highest BCUT2D eigenvalue weighted by Gasteiger charge is 2.38. The maximum atomic E-state index is 13.7. The van der Waals surface area contributed by atoms with Gasteiger partial charge in [0.2, 0.25) is 0 Å². The first-order valence-corrected chi connectivity index (χ1v) is 15.3. The lowest BCUT2D eigenvalue weighted by Gasteiger charge is -2.26. The summed E-state index contributed by atoms with van der Waals surface area (Å²) in [4.78, 5) is 36.5. The molecule has 1 aromatic carbocycles. The summed E-state index contributed by atoms with van der Waals surface area (Å²) in [6, 6.07) is 7.66. The van der Waals surface area contributed by atoms with Crippen LogP contribution in [0.1, 0.15) is 46.1 Å². The quantitative estimate of drug-likeness (QED) is 0.247. The van der Waals surface area contributed by atoms with Gasteiger partial charge in [-0.2, -0.15) is 8.78 Å². The molecule has 1 unspecified atom stereocenters. The largest absolute Gasteiger partial charge is 0.489 e. The van der Waals surface area contributed by atoms with E-state index in [-0.39, 0.29) is 40.2 Å². The summed E-state index contributed by atoms with van der Waals surface area (Å²) < 4.78 is 42.8. The first kappa shape index (κ1) is 31.2. The van der Waals surface area contributed by atoms with Crippen LogP contribution >= 0.6 is 35.0 Å². The van der Waals surface area contributed by atoms with Crippen molar-refractivity contribution in [1.82, 2.24) is 14.9 Å². The molecule has 2 aromatic heterocycles. The normalized spacial score (nSPS) is 17.2. The highest BCUT2D eigenvalue weighted by atomic mass is 35.5. The Morgan fingerprint density at radius 2 is 1.88 bits per heavy atom. The zero-order valence-corrected chi connectivity index (χ0v) is 25.1. The van der Waals surface area contributed by atoms with E-state index in [1.165, 1.54) is 53.5 Å². The monoisotopic (exact) mass is 652 g/mol. The Morgan fingerprint density at radius 1 is 1.12 bits per heavy atom. The van der Waals surface area contributed by atoms with E-state index in [1.54, 1.807) is 12.1 Å². The summed E-state index contributed by atoms with van der Waals surface area (Å²) in [5.41, 5.74) is 7.52. The number of ether oxygens (including phenoxy) is 3. The molecule has 2 atom stereocenters. The molecule has 2 aliphatic rings. The zero-order chi connectivity index (χ0) is 30.5. The number of pyridine rings is 2. The van der Waals surface area contributed by atoms with Crippen LogP contribution in [0.2, 0.25) is 10.0 Å². The fourth-order valence-electron chi connectivity index (χ4n) is 4.51. The van der Waals surface area contributed by atoms with Crippen LogP contribution in [0, 0.1) is 5.92 Å². The van der Waals surface area contributed by atoms with E-state index in [0.717, 1.165) is 18.4 Å². The molecule has 43 heavy (non-hydrogen) atoms. The molecule has 2 N–H and O–H groups in total. The minimum absolute atomic E-state index is 0.0362. The SMILES string of the molecule is NCc1ccnc(C(=O)N2CCSC2C(=O)O[C@@H](Cc2c(Cl)cncc2Cl)c2ccc(OC(F)F)c(OCC3CC3)c2)c1. The van der Waals surface area contributed by atoms with E-state index in [4.69, 9.17) is 38.4 Å². The number of nitrogens with two attached hydrogens (primary N) is 1. The van der Waals surface area contributed by atoms with Crippen LogP contribution in [0.15, 0.2) is 48.9 Å². The van der Waals surface area contributed by atoms with Gasteiger partial charge in [0.25, 0.3) is 5.91 Å². The van der Waals surface area contributed by atoms with Gasteiger partial charge in [0.05, 0.1) is 16.7 Å². The third kappa shape index (κ3) is 7.86. The number of hydrogen-bond donors (Lipinski definition) is 1. The maximum absolute atomic E-state index is 13.7. The van der Waals surface area contributed by atoms with E-state index in [9.17, 15) is 18.4 Å². The number of amides is 1. The van der Waals surface area contributed by atoms with Crippen LogP contribution in [0.4, 0.5) is 8.78 Å². The number of nitrogens with zero attached hydrogens (tertiary/aromatic N) is 3. The number of halogens is 4. The molecule has 1 aliphatic heterocycles. The van der Waals surface area contributed by atoms with Crippen molar-refractivity contribution in [2.24, 2.45) is 11.7 Å². The van der Waals surface area contributed by atoms with Gasteiger partial charge in [0, 0.05) is 43.9 Å². The van der Waals surface area contributed by atoms with Crippen LogP contribution < -0.4 is 15.2 Å². The topological polar surface area (TPSA) is 117 Å². The van der Waals surface area contributed by atoms with Gasteiger partial charge >= 0.3 is 12.6 Å². The minimum atomic E-state index is -3.06. The molecular weight excluding hydrogens is 625 g/mol. The van der Waals surface area contributed by atoms with E-state index in [2.05, 4.69) is 14.7 Å². The maximum Gasteiger partial charge on any atom is 0.387 e. The average Bonchev–Trinajstić information content (AvgIpc) is 3.70. The van der Waals surface area contributed by atoms with Crippen molar-refractivity contribution >= 4 is 46.8 Å². The number of thioether (sulfide) groups is 1. The number of aromatic nitrogens is 2. The molecule has 1 saturated carbocycles. The molecule has 14 heteroatoms. The number of carbonyl (C=O) groups is 2. The van der Waals surface area contributed by atoms with Gasteiger partial charge in [-0.3, -0.25) is 14.8 Å². The summed E-state index contributed by atoms with van der Waals surface area (Å²) in [6.45, 7) is -2.17. The van der Waals surface area contributed by atoms with Crippen LogP contribution in [0.3, 0.4) is 0 Å². The van der Waals surface area contributed by atoms with Gasteiger partial charge in [0.1, 0.15) is 11.8 Å². The van der Waals surface area contributed by atoms with Crippen LogP contribution in [0.5, 0.6) is 11.5 Å². The molecule has 0 bridgehead atoms. The second kappa shape index (κ2) is 14.1. The summed E-state index contributed by atoms with van der Waals surface area (Å²) >= 11 is 14.1. The Kier molecular flexibility index (Phi) is 10.2. The summed E-state index contributed by atoms with van der Waals surface area (Å²) in [5.74, 6) is -0.300.